The van der Waals surface area contributed by atoms with E-state index in [1.54, 1.807) is 12.1 Å². The molecule has 2 N–H and O–H groups in total. The van der Waals surface area contributed by atoms with Gasteiger partial charge in [0.05, 0.1) is 30.5 Å². The highest BCUT2D eigenvalue weighted by molar-refractivity contribution is 6.03. The topological polar surface area (TPSA) is 113 Å². The van der Waals surface area contributed by atoms with Crippen molar-refractivity contribution < 1.29 is 27.8 Å². The summed E-state index contributed by atoms with van der Waals surface area (Å²) in [5.74, 6) is 0.585. The number of hydrogen-bond donors (Lipinski definition) is 2. The number of carbonyl (C=O) groups is 1. The van der Waals surface area contributed by atoms with Crippen molar-refractivity contribution in [3.05, 3.63) is 54.1 Å². The van der Waals surface area contributed by atoms with Crippen LogP contribution in [0.1, 0.15) is 23.5 Å². The summed E-state index contributed by atoms with van der Waals surface area (Å²) < 4.78 is 44.4. The first-order valence-electron chi connectivity index (χ1n) is 9.94. The summed E-state index contributed by atoms with van der Waals surface area (Å²) in [7, 11) is 1.42. The number of fused-ring (bicyclic) bond motifs is 3. The number of nitrogens with zero attached hydrogens (tertiary/aromatic N) is 5. The lowest BCUT2D eigenvalue weighted by Crippen LogP contribution is -2.55. The zero-order valence-corrected chi connectivity index (χ0v) is 17.1. The van der Waals surface area contributed by atoms with Crippen LogP contribution in [0, 0.1) is 0 Å². The van der Waals surface area contributed by atoms with E-state index in [4.69, 9.17) is 4.74 Å². The van der Waals surface area contributed by atoms with Crippen LogP contribution in [0.3, 0.4) is 0 Å². The third-order valence-corrected chi connectivity index (χ3v) is 5.80. The molecule has 5 rings (SSSR count). The van der Waals surface area contributed by atoms with Gasteiger partial charge in [-0.2, -0.15) is 13.2 Å². The lowest BCUT2D eigenvalue weighted by molar-refractivity contribution is -0.137. The maximum absolute atomic E-state index is 13.1. The molecule has 0 spiro atoms. The van der Waals surface area contributed by atoms with Crippen LogP contribution < -0.4 is 15.0 Å². The molecule has 1 fully saturated rings. The number of alkyl halides is 3. The van der Waals surface area contributed by atoms with Crippen molar-refractivity contribution in [2.75, 3.05) is 17.3 Å². The number of aliphatic hydroxyl groups excluding tert-OH is 1. The molecule has 3 aromatic rings. The summed E-state index contributed by atoms with van der Waals surface area (Å²) in [6.07, 6.45) is -1.61. The van der Waals surface area contributed by atoms with Gasteiger partial charge in [0.25, 0.3) is 0 Å². The minimum atomic E-state index is -4.55. The Kier molecular flexibility index (Phi) is 4.89. The molecular formula is C21H17F3N6O3. The number of pyridine rings is 2. The fourth-order valence-corrected chi connectivity index (χ4v) is 4.17. The van der Waals surface area contributed by atoms with Crippen molar-refractivity contribution in [3.63, 3.8) is 0 Å². The van der Waals surface area contributed by atoms with Crippen LogP contribution >= 0.6 is 0 Å². The molecule has 1 aliphatic carbocycles. The molecule has 0 radical (unpaired) electrons. The number of hydrogen-bond acceptors (Lipinski definition) is 7. The second kappa shape index (κ2) is 7.66. The molecule has 3 atom stereocenters. The molecular weight excluding hydrogens is 441 g/mol. The molecule has 3 aromatic heterocycles. The highest BCUT2D eigenvalue weighted by atomic mass is 19.4. The number of methoxy groups -OCH3 is 1. The minimum absolute atomic E-state index is 0.123. The summed E-state index contributed by atoms with van der Waals surface area (Å²) in [4.78, 5) is 30.5. The van der Waals surface area contributed by atoms with Crippen LogP contribution in [-0.4, -0.2) is 50.3 Å². The third-order valence-electron chi connectivity index (χ3n) is 5.80. The molecule has 12 heteroatoms. The number of aliphatic hydroxyl groups is 1. The molecule has 0 saturated heterocycles. The fourth-order valence-electron chi connectivity index (χ4n) is 4.17. The predicted molar refractivity (Wildman–Crippen MR) is 110 cm³/mol. The van der Waals surface area contributed by atoms with Crippen LogP contribution in [0.15, 0.2) is 43.0 Å². The van der Waals surface area contributed by atoms with Gasteiger partial charge >= 0.3 is 12.2 Å². The van der Waals surface area contributed by atoms with Gasteiger partial charge in [-0.3, -0.25) is 15.2 Å². The van der Waals surface area contributed by atoms with Crippen LogP contribution in [-0.2, 0) is 6.18 Å². The average Bonchev–Trinajstić information content (AvgIpc) is 3.06. The van der Waals surface area contributed by atoms with Gasteiger partial charge in [0.15, 0.2) is 0 Å². The Morgan fingerprint density at radius 3 is 2.79 bits per heavy atom. The molecule has 170 valence electrons. The SMILES string of the molecule is COc1cc(NC(=O)N2c3nc(-c4cncc(C(F)(F)F)c4)ccc3C3C[C@@H](O)C32)ncn1. The first-order chi connectivity index (χ1) is 15.8. The number of carbonyl (C=O) groups excluding carboxylic acids is 1. The standard InChI is InChI=1S/C21H17F3N6O3/c1-33-17-6-16(26-9-27-17)29-20(32)30-18-13(5-15(18)31)12-2-3-14(28-19(12)30)10-4-11(8-25-7-10)21(22,23)24/h2-4,6-9,13,15,18,31H,5H2,1H3,(H,26,27,29,32)/t13?,15-,18?/m1/s1. The van der Waals surface area contributed by atoms with Gasteiger partial charge in [0.1, 0.15) is 18.0 Å². The van der Waals surface area contributed by atoms with Crippen molar-refractivity contribution >= 4 is 17.7 Å². The number of aromatic nitrogens is 4. The Bertz CT molecular complexity index is 1240. The van der Waals surface area contributed by atoms with E-state index in [0.29, 0.717) is 6.42 Å². The second-order valence-electron chi connectivity index (χ2n) is 7.72. The lowest BCUT2D eigenvalue weighted by atomic mass is 9.75. The predicted octanol–water partition coefficient (Wildman–Crippen LogP) is 3.23. The van der Waals surface area contributed by atoms with E-state index in [1.807, 2.05) is 0 Å². The fraction of sp³-hybridized carbons (Fsp3) is 0.286. The quantitative estimate of drug-likeness (QED) is 0.620. The second-order valence-corrected chi connectivity index (χ2v) is 7.72. The van der Waals surface area contributed by atoms with Gasteiger partial charge in [-0.05, 0) is 18.6 Å². The molecule has 33 heavy (non-hydrogen) atoms. The molecule has 1 saturated carbocycles. The summed E-state index contributed by atoms with van der Waals surface area (Å²) in [6, 6.07) is 4.58. The van der Waals surface area contributed by atoms with Crippen LogP contribution in [0.25, 0.3) is 11.3 Å². The third kappa shape index (κ3) is 3.61. The molecule has 9 nitrogen and oxygen atoms in total. The number of rotatable bonds is 3. The van der Waals surface area contributed by atoms with Crippen molar-refractivity contribution in [3.8, 4) is 17.1 Å². The van der Waals surface area contributed by atoms with Gasteiger partial charge in [-0.15, -0.1) is 0 Å². The van der Waals surface area contributed by atoms with Crippen molar-refractivity contribution in [1.29, 1.82) is 0 Å². The highest BCUT2D eigenvalue weighted by Gasteiger charge is 2.54. The molecule has 2 aliphatic rings. The van der Waals surface area contributed by atoms with Gasteiger partial charge in [-0.25, -0.2) is 19.7 Å². The molecule has 0 bridgehead atoms. The first-order valence-corrected chi connectivity index (χ1v) is 9.94. The number of nitrogens with one attached hydrogen (secondary N) is 1. The average molecular weight is 458 g/mol. The van der Waals surface area contributed by atoms with E-state index >= 15 is 0 Å². The molecule has 4 heterocycles. The monoisotopic (exact) mass is 458 g/mol. The lowest BCUT2D eigenvalue weighted by Gasteiger charge is -2.40. The Morgan fingerprint density at radius 1 is 1.24 bits per heavy atom. The molecule has 2 amide bonds. The van der Waals surface area contributed by atoms with E-state index in [9.17, 15) is 23.1 Å². The van der Waals surface area contributed by atoms with Gasteiger partial charge in [0, 0.05) is 35.5 Å². The Balaban J connectivity index is 1.50. The maximum atomic E-state index is 13.1. The smallest absolute Gasteiger partial charge is 0.417 e. The maximum Gasteiger partial charge on any atom is 0.417 e. The normalized spacial score (nSPS) is 21.1. The molecule has 1 aliphatic heterocycles. The summed E-state index contributed by atoms with van der Waals surface area (Å²) in [6.45, 7) is 0. The minimum Gasteiger partial charge on any atom is -0.481 e. The largest absolute Gasteiger partial charge is 0.481 e. The van der Waals surface area contributed by atoms with E-state index in [0.717, 1.165) is 17.8 Å². The van der Waals surface area contributed by atoms with E-state index in [1.165, 1.54) is 30.6 Å². The molecule has 0 aromatic carbocycles. The summed E-state index contributed by atoms with van der Waals surface area (Å²) in [5, 5.41) is 13.0. The first kappa shape index (κ1) is 21.1. The zero-order valence-electron chi connectivity index (χ0n) is 17.1. The van der Waals surface area contributed by atoms with E-state index in [2.05, 4.69) is 25.3 Å². The highest BCUT2D eigenvalue weighted by Crippen LogP contribution is 2.51. The van der Waals surface area contributed by atoms with Crippen LogP contribution in [0.5, 0.6) is 5.88 Å². The Morgan fingerprint density at radius 2 is 2.06 bits per heavy atom. The molecule has 2 unspecified atom stereocenters. The van der Waals surface area contributed by atoms with Gasteiger partial charge < -0.3 is 9.84 Å². The number of urea groups is 1. The zero-order chi connectivity index (χ0) is 23.3. The Hall–Kier alpha value is -3.80. The number of ether oxygens (including phenoxy) is 1. The van der Waals surface area contributed by atoms with Gasteiger partial charge in [0.2, 0.25) is 5.88 Å². The van der Waals surface area contributed by atoms with Crippen molar-refractivity contribution in [2.45, 2.75) is 30.7 Å². The summed E-state index contributed by atoms with van der Waals surface area (Å²) in [5.41, 5.74) is 0.229. The van der Waals surface area contributed by atoms with Crippen LogP contribution in [0.4, 0.5) is 29.6 Å². The van der Waals surface area contributed by atoms with E-state index < -0.39 is 29.9 Å². The van der Waals surface area contributed by atoms with E-state index in [-0.39, 0.29) is 34.7 Å². The number of amides is 2. The van der Waals surface area contributed by atoms with Crippen molar-refractivity contribution in [2.24, 2.45) is 0 Å². The van der Waals surface area contributed by atoms with Gasteiger partial charge in [-0.1, -0.05) is 6.07 Å². The van der Waals surface area contributed by atoms with Crippen LogP contribution in [0.2, 0.25) is 0 Å². The number of halogens is 3. The van der Waals surface area contributed by atoms with Crippen molar-refractivity contribution in [1.82, 2.24) is 19.9 Å². The number of anilines is 2. The summed E-state index contributed by atoms with van der Waals surface area (Å²) >= 11 is 0. The Labute approximate surface area is 185 Å².